The summed E-state index contributed by atoms with van der Waals surface area (Å²) in [6, 6.07) is 21.7. The summed E-state index contributed by atoms with van der Waals surface area (Å²) in [7, 11) is 0. The van der Waals surface area contributed by atoms with Crippen molar-refractivity contribution in [3.05, 3.63) is 101 Å². The topological polar surface area (TPSA) is 92.1 Å². The number of halogens is 1. The van der Waals surface area contributed by atoms with Crippen molar-refractivity contribution in [2.75, 3.05) is 16.0 Å². The van der Waals surface area contributed by atoms with Gasteiger partial charge in [0.05, 0.1) is 18.9 Å². The minimum absolute atomic E-state index is 0.101. The number of rotatable bonds is 3. The molecule has 1 aliphatic heterocycles. The molecule has 8 heteroatoms. The molecular weight excluding hydrogens is 474 g/mol. The first-order valence-corrected chi connectivity index (χ1v) is 12.0. The Hall–Kier alpha value is -4.36. The summed E-state index contributed by atoms with van der Waals surface area (Å²) in [5.74, 6) is 0.851. The van der Waals surface area contributed by atoms with Gasteiger partial charge in [0.25, 0.3) is 0 Å². The van der Waals surface area contributed by atoms with Gasteiger partial charge in [-0.05, 0) is 60.4 Å². The second-order valence-corrected chi connectivity index (χ2v) is 9.10. The Morgan fingerprint density at radius 3 is 2.83 bits per heavy atom. The number of furan rings is 1. The molecule has 3 aromatic carbocycles. The first-order chi connectivity index (χ1) is 17.6. The van der Waals surface area contributed by atoms with Crippen LogP contribution in [0.3, 0.4) is 0 Å². The fourth-order valence-electron chi connectivity index (χ4n) is 4.40. The highest BCUT2D eigenvalue weighted by Gasteiger charge is 2.14. The maximum Gasteiger partial charge on any atom is 0.229 e. The van der Waals surface area contributed by atoms with Crippen molar-refractivity contribution >= 4 is 57.3 Å². The van der Waals surface area contributed by atoms with Gasteiger partial charge >= 0.3 is 0 Å². The smallest absolute Gasteiger partial charge is 0.229 e. The first-order valence-electron chi connectivity index (χ1n) is 11.6. The van der Waals surface area contributed by atoms with E-state index in [1.165, 1.54) is 0 Å². The molecule has 0 unspecified atom stereocenters. The number of aromatic nitrogens is 2. The van der Waals surface area contributed by atoms with Crippen molar-refractivity contribution in [2.24, 2.45) is 0 Å². The van der Waals surface area contributed by atoms with Gasteiger partial charge in [0, 0.05) is 28.0 Å². The van der Waals surface area contributed by atoms with E-state index in [-0.39, 0.29) is 12.3 Å². The molecule has 3 heterocycles. The maximum atomic E-state index is 13.0. The number of anilines is 5. The number of para-hydroxylation sites is 1. The Balaban J connectivity index is 1.31. The fourth-order valence-corrected chi connectivity index (χ4v) is 4.54. The number of amides is 1. The number of aryl methyl sites for hydroxylation is 2. The normalized spacial score (nSPS) is 12.5. The molecule has 0 spiro atoms. The van der Waals surface area contributed by atoms with Crippen molar-refractivity contribution in [1.29, 1.82) is 0 Å². The molecule has 6 rings (SSSR count). The van der Waals surface area contributed by atoms with Crippen molar-refractivity contribution < 1.29 is 9.21 Å². The molecule has 2 aromatic heterocycles. The van der Waals surface area contributed by atoms with E-state index in [1.807, 2.05) is 54.6 Å². The van der Waals surface area contributed by atoms with Gasteiger partial charge in [-0.3, -0.25) is 4.79 Å². The molecule has 0 radical (unpaired) electrons. The van der Waals surface area contributed by atoms with Crippen molar-refractivity contribution in [3.8, 4) is 0 Å². The van der Waals surface area contributed by atoms with Crippen LogP contribution in [-0.2, 0) is 24.1 Å². The van der Waals surface area contributed by atoms with Crippen LogP contribution in [0.15, 0.2) is 83.6 Å². The quantitative estimate of drug-likeness (QED) is 0.260. The molecule has 1 aliphatic rings. The van der Waals surface area contributed by atoms with Crippen LogP contribution in [0.4, 0.5) is 28.8 Å². The van der Waals surface area contributed by atoms with Gasteiger partial charge in [0.2, 0.25) is 11.9 Å². The molecule has 36 heavy (non-hydrogen) atoms. The van der Waals surface area contributed by atoms with Crippen molar-refractivity contribution in [1.82, 2.24) is 9.97 Å². The molecule has 178 valence electrons. The van der Waals surface area contributed by atoms with Crippen molar-refractivity contribution in [3.63, 3.8) is 0 Å². The number of fused-ring (bicyclic) bond motifs is 7. The minimum Gasteiger partial charge on any atom is -0.464 e. The van der Waals surface area contributed by atoms with E-state index < -0.39 is 0 Å². The summed E-state index contributed by atoms with van der Waals surface area (Å²) in [6.07, 6.45) is 4.98. The van der Waals surface area contributed by atoms with Crippen LogP contribution >= 0.6 is 11.6 Å². The Kier molecular flexibility index (Phi) is 5.75. The number of carbonyl (C=O) groups excluding carboxylic acids is 1. The number of nitrogens with zero attached hydrogens (tertiary/aromatic N) is 2. The SMILES string of the molecule is O=C(Cc1coc2ccccc12)Nc1ccc2cc1CCc1cccc(c1)Nc1ncc(Cl)c(n1)N2. The zero-order valence-corrected chi connectivity index (χ0v) is 20.0. The Bertz CT molecular complexity index is 1600. The highest BCUT2D eigenvalue weighted by Crippen LogP contribution is 2.30. The molecule has 3 N–H and O–H groups in total. The van der Waals surface area contributed by atoms with E-state index in [1.54, 1.807) is 12.5 Å². The van der Waals surface area contributed by atoms with E-state index in [9.17, 15) is 4.79 Å². The van der Waals surface area contributed by atoms with Crippen LogP contribution in [0.25, 0.3) is 11.0 Å². The number of benzene rings is 3. The third-order valence-electron chi connectivity index (χ3n) is 6.16. The predicted octanol–water partition coefficient (Wildman–Crippen LogP) is 6.64. The van der Waals surface area contributed by atoms with Gasteiger partial charge in [0.15, 0.2) is 5.82 Å². The first kappa shape index (κ1) is 22.1. The lowest BCUT2D eigenvalue weighted by molar-refractivity contribution is -0.115. The summed E-state index contributed by atoms with van der Waals surface area (Å²) in [5, 5.41) is 11.0. The van der Waals surface area contributed by atoms with E-state index in [0.29, 0.717) is 16.8 Å². The van der Waals surface area contributed by atoms with Crippen LogP contribution in [0.2, 0.25) is 5.02 Å². The highest BCUT2D eigenvalue weighted by molar-refractivity contribution is 6.32. The summed E-state index contributed by atoms with van der Waals surface area (Å²) >= 11 is 6.36. The van der Waals surface area contributed by atoms with Crippen LogP contribution < -0.4 is 16.0 Å². The largest absolute Gasteiger partial charge is 0.464 e. The number of hydrogen-bond donors (Lipinski definition) is 3. The third-order valence-corrected chi connectivity index (χ3v) is 6.44. The van der Waals surface area contributed by atoms with E-state index >= 15 is 0 Å². The van der Waals surface area contributed by atoms with Crippen LogP contribution in [0, 0.1) is 0 Å². The number of carbonyl (C=O) groups is 1. The Morgan fingerprint density at radius 1 is 1.00 bits per heavy atom. The lowest BCUT2D eigenvalue weighted by Crippen LogP contribution is -2.16. The second-order valence-electron chi connectivity index (χ2n) is 8.69. The number of nitrogens with one attached hydrogen (secondary N) is 3. The van der Waals surface area contributed by atoms with Gasteiger partial charge in [-0.2, -0.15) is 4.98 Å². The summed E-state index contributed by atoms with van der Waals surface area (Å²) in [6.45, 7) is 0. The molecule has 0 atom stereocenters. The third kappa shape index (κ3) is 4.61. The average molecular weight is 496 g/mol. The summed E-state index contributed by atoms with van der Waals surface area (Å²) < 4.78 is 5.59. The minimum atomic E-state index is -0.101. The maximum absolute atomic E-state index is 13.0. The Labute approximate surface area is 212 Å². The fraction of sp³-hybridized carbons (Fsp3) is 0.107. The van der Waals surface area contributed by atoms with Gasteiger partial charge in [-0.15, -0.1) is 0 Å². The van der Waals surface area contributed by atoms with Gasteiger partial charge in [0.1, 0.15) is 10.6 Å². The zero-order valence-electron chi connectivity index (χ0n) is 19.2. The molecular formula is C28H22ClN5O2. The average Bonchev–Trinajstić information content (AvgIpc) is 3.28. The van der Waals surface area contributed by atoms with E-state index in [0.717, 1.165) is 57.6 Å². The molecule has 0 aliphatic carbocycles. The van der Waals surface area contributed by atoms with Crippen LogP contribution in [0.5, 0.6) is 0 Å². The monoisotopic (exact) mass is 495 g/mol. The lowest BCUT2D eigenvalue weighted by Gasteiger charge is -2.14. The highest BCUT2D eigenvalue weighted by atomic mass is 35.5. The molecule has 7 nitrogen and oxygen atoms in total. The standard InChI is InChI=1S/C28H22ClN5O2/c29-23-15-30-28-32-20-5-3-4-17(12-20)8-9-18-13-21(31-27(23)34-28)10-11-24(18)33-26(35)14-19-16-36-25-7-2-1-6-22(19)25/h1-7,10-13,15-16H,8-9,14H2,(H,33,35)(H2,30,31,32,34). The van der Waals surface area contributed by atoms with Crippen LogP contribution in [0.1, 0.15) is 16.7 Å². The zero-order chi connectivity index (χ0) is 24.5. The number of hydrogen-bond acceptors (Lipinski definition) is 6. The summed E-state index contributed by atoms with van der Waals surface area (Å²) in [4.78, 5) is 21.8. The molecule has 5 aromatic rings. The lowest BCUT2D eigenvalue weighted by atomic mass is 10.0. The Morgan fingerprint density at radius 2 is 1.89 bits per heavy atom. The van der Waals surface area contributed by atoms with Crippen molar-refractivity contribution in [2.45, 2.75) is 19.3 Å². The van der Waals surface area contributed by atoms with Gasteiger partial charge in [-0.25, -0.2) is 4.98 Å². The molecule has 1 amide bonds. The predicted molar refractivity (Wildman–Crippen MR) is 142 cm³/mol. The van der Waals surface area contributed by atoms with Gasteiger partial charge in [-0.1, -0.05) is 41.9 Å². The van der Waals surface area contributed by atoms with E-state index in [4.69, 9.17) is 16.0 Å². The molecule has 0 saturated heterocycles. The van der Waals surface area contributed by atoms with Gasteiger partial charge < -0.3 is 20.4 Å². The molecule has 0 fully saturated rings. The van der Waals surface area contributed by atoms with E-state index in [2.05, 4.69) is 38.1 Å². The molecule has 6 bridgehead atoms. The molecule has 0 saturated carbocycles. The second kappa shape index (κ2) is 9.36. The summed E-state index contributed by atoms with van der Waals surface area (Å²) in [5.41, 5.74) is 6.30. The van der Waals surface area contributed by atoms with Crippen LogP contribution in [-0.4, -0.2) is 15.9 Å².